The average molecular weight is 222 g/mol. The third kappa shape index (κ3) is 2.08. The van der Waals surface area contributed by atoms with Crippen molar-refractivity contribution < 1.29 is 14.0 Å². The fourth-order valence-electron chi connectivity index (χ4n) is 1.75. The molecule has 1 aliphatic rings. The molecule has 0 aliphatic carbocycles. The Morgan fingerprint density at radius 3 is 3.00 bits per heavy atom. The van der Waals surface area contributed by atoms with Crippen molar-refractivity contribution in [3.05, 3.63) is 29.8 Å². The quantitative estimate of drug-likeness (QED) is 0.757. The van der Waals surface area contributed by atoms with E-state index in [1.165, 1.54) is 12.3 Å². The smallest absolute Gasteiger partial charge is 0.220 e. The number of amides is 1. The second-order valence-electron chi connectivity index (χ2n) is 3.76. The number of nitrogens with one attached hydrogen (secondary N) is 1. The van der Waals surface area contributed by atoms with E-state index >= 15 is 0 Å². The molecule has 2 heterocycles. The number of carbonyl (C=O) groups is 2. The summed E-state index contributed by atoms with van der Waals surface area (Å²) >= 11 is 0. The van der Waals surface area contributed by atoms with Gasteiger partial charge in [0.25, 0.3) is 0 Å². The van der Waals surface area contributed by atoms with Crippen LogP contribution in [0.15, 0.2) is 18.5 Å². The maximum Gasteiger partial charge on any atom is 0.220 e. The van der Waals surface area contributed by atoms with Gasteiger partial charge in [0.1, 0.15) is 0 Å². The number of nitrogens with zero attached hydrogens (tertiary/aromatic N) is 1. The lowest BCUT2D eigenvalue weighted by atomic mass is 9.91. The topological polar surface area (TPSA) is 59.1 Å². The van der Waals surface area contributed by atoms with Gasteiger partial charge < -0.3 is 5.32 Å². The molecule has 5 heteroatoms. The number of ketones is 1. The van der Waals surface area contributed by atoms with Crippen molar-refractivity contribution in [3.63, 3.8) is 0 Å². The van der Waals surface area contributed by atoms with Gasteiger partial charge in [-0.2, -0.15) is 0 Å². The van der Waals surface area contributed by atoms with Gasteiger partial charge in [0.2, 0.25) is 5.91 Å². The van der Waals surface area contributed by atoms with Crippen LogP contribution in [0.4, 0.5) is 4.39 Å². The summed E-state index contributed by atoms with van der Waals surface area (Å²) in [7, 11) is 0. The first-order chi connectivity index (χ1) is 7.68. The molecule has 16 heavy (non-hydrogen) atoms. The van der Waals surface area contributed by atoms with Gasteiger partial charge in [0, 0.05) is 25.1 Å². The second kappa shape index (κ2) is 4.38. The molecule has 1 aromatic rings. The highest BCUT2D eigenvalue weighted by Crippen LogP contribution is 2.18. The van der Waals surface area contributed by atoms with Crippen molar-refractivity contribution in [3.8, 4) is 0 Å². The number of hydrogen-bond donors (Lipinski definition) is 1. The number of hydrogen-bond acceptors (Lipinski definition) is 3. The van der Waals surface area contributed by atoms with E-state index in [1.807, 2.05) is 0 Å². The van der Waals surface area contributed by atoms with E-state index in [9.17, 15) is 14.0 Å². The van der Waals surface area contributed by atoms with Crippen molar-refractivity contribution in [2.45, 2.75) is 12.8 Å². The van der Waals surface area contributed by atoms with Gasteiger partial charge in [-0.1, -0.05) is 0 Å². The highest BCUT2D eigenvalue weighted by Gasteiger charge is 2.26. The zero-order valence-electron chi connectivity index (χ0n) is 8.57. The minimum absolute atomic E-state index is 0.0520. The standard InChI is InChI=1S/C11H11FN2O2/c12-9-6-13-4-3-8(9)11(16)7-1-2-10(15)14-5-7/h3-4,6-7H,1-2,5H2,(H,14,15). The second-order valence-corrected chi connectivity index (χ2v) is 3.76. The molecule has 0 aromatic carbocycles. The maximum absolute atomic E-state index is 13.3. The van der Waals surface area contributed by atoms with Crippen LogP contribution in [0.3, 0.4) is 0 Å². The van der Waals surface area contributed by atoms with Crippen molar-refractivity contribution in [1.82, 2.24) is 10.3 Å². The largest absolute Gasteiger partial charge is 0.355 e. The molecular formula is C11H11FN2O2. The summed E-state index contributed by atoms with van der Waals surface area (Å²) in [5.74, 6) is -1.25. The van der Waals surface area contributed by atoms with Crippen LogP contribution in [0.25, 0.3) is 0 Å². The molecule has 0 spiro atoms. The van der Waals surface area contributed by atoms with Crippen LogP contribution in [-0.2, 0) is 4.79 Å². The SMILES string of the molecule is O=C1CCC(C(=O)c2ccncc2F)CN1. The first kappa shape index (κ1) is 10.7. The Morgan fingerprint density at radius 1 is 1.56 bits per heavy atom. The van der Waals surface area contributed by atoms with Crippen molar-refractivity contribution in [2.24, 2.45) is 5.92 Å². The van der Waals surface area contributed by atoms with Gasteiger partial charge in [-0.15, -0.1) is 0 Å². The lowest BCUT2D eigenvalue weighted by molar-refractivity contribution is -0.122. The van der Waals surface area contributed by atoms with Crippen LogP contribution in [0, 0.1) is 11.7 Å². The third-order valence-corrected chi connectivity index (χ3v) is 2.67. The monoisotopic (exact) mass is 222 g/mol. The summed E-state index contributed by atoms with van der Waals surface area (Å²) in [5.41, 5.74) is 0.0520. The molecule has 1 aromatic heterocycles. The zero-order chi connectivity index (χ0) is 11.5. The Balaban J connectivity index is 2.14. The predicted molar refractivity (Wildman–Crippen MR) is 54.3 cm³/mol. The van der Waals surface area contributed by atoms with Crippen molar-refractivity contribution >= 4 is 11.7 Å². The van der Waals surface area contributed by atoms with Crippen LogP contribution in [-0.4, -0.2) is 23.2 Å². The summed E-state index contributed by atoms with van der Waals surface area (Å²) < 4.78 is 13.3. The first-order valence-electron chi connectivity index (χ1n) is 5.09. The Kier molecular flexibility index (Phi) is 2.94. The Bertz CT molecular complexity index is 424. The molecule has 1 amide bonds. The van der Waals surface area contributed by atoms with E-state index in [-0.39, 0.29) is 23.2 Å². The highest BCUT2D eigenvalue weighted by molar-refractivity contribution is 5.99. The average Bonchev–Trinajstić information content (AvgIpc) is 2.30. The van der Waals surface area contributed by atoms with Crippen LogP contribution in [0.2, 0.25) is 0 Å². The Morgan fingerprint density at radius 2 is 2.38 bits per heavy atom. The molecule has 2 rings (SSSR count). The van der Waals surface area contributed by atoms with Crippen molar-refractivity contribution in [1.29, 1.82) is 0 Å². The molecule has 0 radical (unpaired) electrons. The number of rotatable bonds is 2. The zero-order valence-corrected chi connectivity index (χ0v) is 8.57. The summed E-state index contributed by atoms with van der Waals surface area (Å²) in [6.07, 6.45) is 3.21. The molecule has 1 unspecified atom stereocenters. The van der Waals surface area contributed by atoms with Crippen LogP contribution >= 0.6 is 0 Å². The molecule has 1 atom stereocenters. The van der Waals surface area contributed by atoms with E-state index in [0.29, 0.717) is 19.4 Å². The van der Waals surface area contributed by atoms with E-state index in [4.69, 9.17) is 0 Å². The summed E-state index contributed by atoms with van der Waals surface area (Å²) in [6.45, 7) is 0.291. The molecule has 1 N–H and O–H groups in total. The Labute approximate surface area is 91.9 Å². The van der Waals surface area contributed by atoms with Gasteiger partial charge in [-0.05, 0) is 12.5 Å². The third-order valence-electron chi connectivity index (χ3n) is 2.67. The Hall–Kier alpha value is -1.78. The molecule has 0 bridgehead atoms. The molecule has 1 fully saturated rings. The van der Waals surface area contributed by atoms with E-state index in [1.54, 1.807) is 0 Å². The minimum Gasteiger partial charge on any atom is -0.355 e. The lowest BCUT2D eigenvalue weighted by Gasteiger charge is -2.21. The van der Waals surface area contributed by atoms with E-state index < -0.39 is 5.82 Å². The molecule has 1 aliphatic heterocycles. The minimum atomic E-state index is -0.607. The fraction of sp³-hybridized carbons (Fsp3) is 0.364. The number of piperidine rings is 1. The van der Waals surface area contributed by atoms with Crippen LogP contribution < -0.4 is 5.32 Å². The predicted octanol–water partition coefficient (Wildman–Crippen LogP) is 0.930. The molecule has 0 saturated carbocycles. The molecule has 1 saturated heterocycles. The number of aromatic nitrogens is 1. The van der Waals surface area contributed by atoms with Crippen LogP contribution in [0.1, 0.15) is 23.2 Å². The normalized spacial score (nSPS) is 20.3. The van der Waals surface area contributed by atoms with Crippen molar-refractivity contribution in [2.75, 3.05) is 6.54 Å². The van der Waals surface area contributed by atoms with E-state index in [0.717, 1.165) is 6.20 Å². The van der Waals surface area contributed by atoms with Gasteiger partial charge >= 0.3 is 0 Å². The highest BCUT2D eigenvalue weighted by atomic mass is 19.1. The number of carbonyl (C=O) groups excluding carboxylic acids is 2. The summed E-state index contributed by atoms with van der Waals surface area (Å²) in [4.78, 5) is 26.4. The number of pyridine rings is 1. The molecule has 4 nitrogen and oxygen atoms in total. The molecular weight excluding hydrogens is 211 g/mol. The first-order valence-corrected chi connectivity index (χ1v) is 5.09. The number of halogens is 1. The van der Waals surface area contributed by atoms with Gasteiger partial charge in [-0.25, -0.2) is 4.39 Å². The van der Waals surface area contributed by atoms with Crippen LogP contribution in [0.5, 0.6) is 0 Å². The van der Waals surface area contributed by atoms with E-state index in [2.05, 4.69) is 10.3 Å². The summed E-state index contributed by atoms with van der Waals surface area (Å²) in [5, 5.41) is 2.60. The van der Waals surface area contributed by atoms with Gasteiger partial charge in [0.15, 0.2) is 11.6 Å². The number of Topliss-reactive ketones (excluding diaryl/α,β-unsaturated/α-hetero) is 1. The maximum atomic E-state index is 13.3. The summed E-state index contributed by atoms with van der Waals surface area (Å²) in [6, 6.07) is 1.37. The fourth-order valence-corrected chi connectivity index (χ4v) is 1.75. The van der Waals surface area contributed by atoms with Gasteiger partial charge in [0.05, 0.1) is 11.8 Å². The lowest BCUT2D eigenvalue weighted by Crippen LogP contribution is -2.38. The molecule has 84 valence electrons. The van der Waals surface area contributed by atoms with Gasteiger partial charge in [-0.3, -0.25) is 14.6 Å².